The molecule has 3 heteroatoms. The Morgan fingerprint density at radius 1 is 1.15 bits per heavy atom. The van der Waals surface area contributed by atoms with E-state index < -0.39 is 0 Å². The van der Waals surface area contributed by atoms with Crippen LogP contribution in [0.15, 0.2) is 36.4 Å². The van der Waals surface area contributed by atoms with Crippen LogP contribution in [0.3, 0.4) is 0 Å². The van der Waals surface area contributed by atoms with E-state index in [4.69, 9.17) is 5.26 Å². The number of halogens is 1. The van der Waals surface area contributed by atoms with Gasteiger partial charge in [0, 0.05) is 19.3 Å². The van der Waals surface area contributed by atoms with E-state index in [0.29, 0.717) is 17.7 Å². The van der Waals surface area contributed by atoms with Gasteiger partial charge in [0.25, 0.3) is 0 Å². The van der Waals surface area contributed by atoms with Crippen LogP contribution in [-0.2, 0) is 6.54 Å². The van der Waals surface area contributed by atoms with Gasteiger partial charge in [-0.2, -0.15) is 5.26 Å². The van der Waals surface area contributed by atoms with Gasteiger partial charge >= 0.3 is 0 Å². The van der Waals surface area contributed by atoms with Crippen molar-refractivity contribution >= 4 is 5.69 Å². The molecule has 0 saturated carbocycles. The minimum Gasteiger partial charge on any atom is -0.370 e. The van der Waals surface area contributed by atoms with Gasteiger partial charge in [-0.25, -0.2) is 4.39 Å². The summed E-state index contributed by atoms with van der Waals surface area (Å²) in [6.45, 7) is 4.61. The van der Waals surface area contributed by atoms with Crippen molar-refractivity contribution in [2.45, 2.75) is 20.4 Å². The van der Waals surface area contributed by atoms with Crippen LogP contribution in [-0.4, -0.2) is 7.05 Å². The van der Waals surface area contributed by atoms with Crippen molar-refractivity contribution in [3.63, 3.8) is 0 Å². The van der Waals surface area contributed by atoms with Gasteiger partial charge in [-0.15, -0.1) is 0 Å². The molecule has 0 unspecified atom stereocenters. The van der Waals surface area contributed by atoms with E-state index in [1.807, 2.05) is 11.9 Å². The first-order valence-corrected chi connectivity index (χ1v) is 6.48. The van der Waals surface area contributed by atoms with Crippen molar-refractivity contribution < 1.29 is 4.39 Å². The Hall–Kier alpha value is -2.34. The summed E-state index contributed by atoms with van der Waals surface area (Å²) < 4.78 is 13.3. The summed E-state index contributed by atoms with van der Waals surface area (Å²) in [7, 11) is 1.95. The molecule has 0 aliphatic heterocycles. The van der Waals surface area contributed by atoms with Crippen LogP contribution in [0.1, 0.15) is 22.3 Å². The van der Waals surface area contributed by atoms with Gasteiger partial charge < -0.3 is 4.90 Å². The zero-order valence-corrected chi connectivity index (χ0v) is 11.9. The van der Waals surface area contributed by atoms with E-state index >= 15 is 0 Å². The molecule has 0 amide bonds. The second-order valence-corrected chi connectivity index (χ2v) is 5.06. The van der Waals surface area contributed by atoms with Crippen LogP contribution < -0.4 is 4.90 Å². The monoisotopic (exact) mass is 268 g/mol. The average Bonchev–Trinajstić information content (AvgIpc) is 2.38. The van der Waals surface area contributed by atoms with Crippen LogP contribution in [0.5, 0.6) is 0 Å². The highest BCUT2D eigenvalue weighted by atomic mass is 19.1. The Bertz CT molecular complexity index is 671. The Kier molecular flexibility index (Phi) is 4.05. The molecule has 0 N–H and O–H groups in total. The standard InChI is InChI=1S/C17H17FN2/c1-12-4-7-17(13(2)8-12)20(3)11-15-9-16(18)6-5-14(15)10-19/h4-9H,11H2,1-3H3. The second-order valence-electron chi connectivity index (χ2n) is 5.06. The van der Waals surface area contributed by atoms with Crippen molar-refractivity contribution in [3.8, 4) is 6.07 Å². The molecule has 0 radical (unpaired) electrons. The molecule has 0 aliphatic rings. The first-order valence-electron chi connectivity index (χ1n) is 6.48. The molecule has 20 heavy (non-hydrogen) atoms. The average molecular weight is 268 g/mol. The third-order valence-electron chi connectivity index (χ3n) is 3.36. The SMILES string of the molecule is Cc1ccc(N(C)Cc2cc(F)ccc2C#N)c(C)c1. The number of aryl methyl sites for hydroxylation is 2. The Morgan fingerprint density at radius 2 is 1.90 bits per heavy atom. The summed E-state index contributed by atoms with van der Waals surface area (Å²) in [5.74, 6) is -0.312. The van der Waals surface area contributed by atoms with E-state index in [-0.39, 0.29) is 5.82 Å². The van der Waals surface area contributed by atoms with Crippen molar-refractivity contribution in [1.82, 2.24) is 0 Å². The van der Waals surface area contributed by atoms with Gasteiger partial charge in [0.05, 0.1) is 11.6 Å². The first kappa shape index (κ1) is 14.1. The second kappa shape index (κ2) is 5.75. The molecule has 2 rings (SSSR count). The van der Waals surface area contributed by atoms with Crippen LogP contribution in [0, 0.1) is 31.0 Å². The quantitative estimate of drug-likeness (QED) is 0.842. The van der Waals surface area contributed by atoms with E-state index in [9.17, 15) is 4.39 Å². The number of hydrogen-bond donors (Lipinski definition) is 0. The van der Waals surface area contributed by atoms with E-state index in [2.05, 4.69) is 38.1 Å². The van der Waals surface area contributed by atoms with Crippen molar-refractivity contribution in [3.05, 3.63) is 64.5 Å². The van der Waals surface area contributed by atoms with Gasteiger partial charge in [-0.1, -0.05) is 17.7 Å². The molecule has 2 nitrogen and oxygen atoms in total. The fraction of sp³-hybridized carbons (Fsp3) is 0.235. The van der Waals surface area contributed by atoms with Gasteiger partial charge in [0.15, 0.2) is 0 Å². The van der Waals surface area contributed by atoms with Gasteiger partial charge in [0.1, 0.15) is 5.82 Å². The van der Waals surface area contributed by atoms with Crippen LogP contribution >= 0.6 is 0 Å². The molecule has 0 spiro atoms. The summed E-state index contributed by atoms with van der Waals surface area (Å²) in [4.78, 5) is 2.03. The molecular weight excluding hydrogens is 251 g/mol. The molecule has 0 aliphatic carbocycles. The molecular formula is C17H17FN2. The van der Waals surface area contributed by atoms with Gasteiger partial charge in [0.2, 0.25) is 0 Å². The van der Waals surface area contributed by atoms with Crippen LogP contribution in [0.2, 0.25) is 0 Å². The van der Waals surface area contributed by atoms with Gasteiger partial charge in [-0.3, -0.25) is 0 Å². The number of nitriles is 1. The molecule has 2 aromatic rings. The third-order valence-corrected chi connectivity index (χ3v) is 3.36. The summed E-state index contributed by atoms with van der Waals surface area (Å²) >= 11 is 0. The molecule has 0 atom stereocenters. The maximum absolute atomic E-state index is 13.3. The number of rotatable bonds is 3. The van der Waals surface area contributed by atoms with E-state index in [0.717, 1.165) is 5.69 Å². The Labute approximate surface area is 119 Å². The number of anilines is 1. The molecule has 0 fully saturated rings. The fourth-order valence-corrected chi connectivity index (χ4v) is 2.38. The summed E-state index contributed by atoms with van der Waals surface area (Å²) in [6.07, 6.45) is 0. The van der Waals surface area contributed by atoms with Gasteiger partial charge in [-0.05, 0) is 49.2 Å². The zero-order valence-electron chi connectivity index (χ0n) is 11.9. The highest BCUT2D eigenvalue weighted by Gasteiger charge is 2.09. The van der Waals surface area contributed by atoms with Crippen molar-refractivity contribution in [2.24, 2.45) is 0 Å². The number of nitrogens with zero attached hydrogens (tertiary/aromatic N) is 2. The van der Waals surface area contributed by atoms with Crippen LogP contribution in [0.4, 0.5) is 10.1 Å². The maximum Gasteiger partial charge on any atom is 0.123 e. The predicted molar refractivity (Wildman–Crippen MR) is 79.1 cm³/mol. The lowest BCUT2D eigenvalue weighted by atomic mass is 10.1. The molecule has 0 saturated heterocycles. The largest absolute Gasteiger partial charge is 0.370 e. The molecule has 102 valence electrons. The lowest BCUT2D eigenvalue weighted by molar-refractivity contribution is 0.625. The summed E-state index contributed by atoms with van der Waals surface area (Å²) in [6, 6.07) is 12.6. The lowest BCUT2D eigenvalue weighted by Crippen LogP contribution is -2.18. The molecule has 0 aromatic heterocycles. The van der Waals surface area contributed by atoms with Crippen LogP contribution in [0.25, 0.3) is 0 Å². The summed E-state index contributed by atoms with van der Waals surface area (Å²) in [5, 5.41) is 9.09. The first-order chi connectivity index (χ1) is 9.51. The summed E-state index contributed by atoms with van der Waals surface area (Å²) in [5.41, 5.74) is 4.69. The number of benzene rings is 2. The maximum atomic E-state index is 13.3. The van der Waals surface area contributed by atoms with Crippen molar-refractivity contribution in [1.29, 1.82) is 5.26 Å². The Morgan fingerprint density at radius 3 is 2.55 bits per heavy atom. The molecule has 2 aromatic carbocycles. The fourth-order valence-electron chi connectivity index (χ4n) is 2.38. The smallest absolute Gasteiger partial charge is 0.123 e. The molecule has 0 bridgehead atoms. The molecule has 0 heterocycles. The zero-order chi connectivity index (χ0) is 14.7. The Balaban J connectivity index is 2.30. The van der Waals surface area contributed by atoms with Crippen molar-refractivity contribution in [2.75, 3.05) is 11.9 Å². The lowest BCUT2D eigenvalue weighted by Gasteiger charge is -2.22. The van der Waals surface area contributed by atoms with E-state index in [1.54, 1.807) is 0 Å². The highest BCUT2D eigenvalue weighted by molar-refractivity contribution is 5.54. The minimum absolute atomic E-state index is 0.312. The highest BCUT2D eigenvalue weighted by Crippen LogP contribution is 2.22. The van der Waals surface area contributed by atoms with E-state index in [1.165, 1.54) is 29.3 Å². The minimum atomic E-state index is -0.312. The normalized spacial score (nSPS) is 10.2. The third kappa shape index (κ3) is 2.97. The predicted octanol–water partition coefficient (Wildman–Crippen LogP) is 3.95. The number of hydrogen-bond acceptors (Lipinski definition) is 2. The topological polar surface area (TPSA) is 27.0 Å².